The Morgan fingerprint density at radius 3 is 2.41 bits per heavy atom. The number of benzene rings is 2. The van der Waals surface area contributed by atoms with Gasteiger partial charge in [-0.2, -0.15) is 0 Å². The van der Waals surface area contributed by atoms with Gasteiger partial charge in [0.05, 0.1) is 24.4 Å². The van der Waals surface area contributed by atoms with E-state index >= 15 is 0 Å². The molecular weight excluding hydrogens is 502 g/mol. The van der Waals surface area contributed by atoms with Crippen LogP contribution < -0.4 is 0 Å². The molecule has 7 heteroatoms. The van der Waals surface area contributed by atoms with Crippen molar-refractivity contribution in [1.82, 2.24) is 4.90 Å². The summed E-state index contributed by atoms with van der Waals surface area (Å²) < 4.78 is 7.03. The van der Waals surface area contributed by atoms with Crippen LogP contribution in [0.25, 0.3) is 5.76 Å². The number of carbonyl (C=O) groups excluding carboxylic acids is 2. The van der Waals surface area contributed by atoms with Gasteiger partial charge in [-0.25, -0.2) is 0 Å². The van der Waals surface area contributed by atoms with Gasteiger partial charge >= 0.3 is 0 Å². The molecule has 1 saturated heterocycles. The van der Waals surface area contributed by atoms with E-state index in [-0.39, 0.29) is 17.9 Å². The number of furan rings is 1. The molecule has 4 rings (SSSR count). The molecule has 1 amide bonds. The second-order valence-electron chi connectivity index (χ2n) is 6.57. The van der Waals surface area contributed by atoms with Crippen molar-refractivity contribution in [2.75, 3.05) is 0 Å². The highest BCUT2D eigenvalue weighted by atomic mass is 79.9. The minimum absolute atomic E-state index is 0.0574. The van der Waals surface area contributed by atoms with Crippen molar-refractivity contribution in [2.45, 2.75) is 12.6 Å². The molecule has 1 fully saturated rings. The van der Waals surface area contributed by atoms with E-state index in [0.29, 0.717) is 16.9 Å². The van der Waals surface area contributed by atoms with Gasteiger partial charge in [0.25, 0.3) is 11.7 Å². The van der Waals surface area contributed by atoms with Crippen LogP contribution in [0.5, 0.6) is 0 Å². The van der Waals surface area contributed by atoms with Gasteiger partial charge in [-0.1, -0.05) is 56.1 Å². The molecule has 0 bridgehead atoms. The number of likely N-dealkylation sites (tertiary alicyclic amines) is 1. The molecule has 2 aromatic carbocycles. The van der Waals surface area contributed by atoms with E-state index in [2.05, 4.69) is 31.9 Å². The zero-order valence-corrected chi connectivity index (χ0v) is 18.2. The number of rotatable bonds is 4. The van der Waals surface area contributed by atoms with Crippen molar-refractivity contribution >= 4 is 49.3 Å². The van der Waals surface area contributed by atoms with Gasteiger partial charge in [0.2, 0.25) is 0 Å². The smallest absolute Gasteiger partial charge is 0.296 e. The Morgan fingerprint density at radius 1 is 1.00 bits per heavy atom. The van der Waals surface area contributed by atoms with E-state index in [1.807, 2.05) is 24.3 Å². The maximum atomic E-state index is 12.9. The second-order valence-corrected chi connectivity index (χ2v) is 8.40. The third-order valence-corrected chi connectivity index (χ3v) is 5.75. The molecule has 1 aliphatic heterocycles. The number of Topliss-reactive ketones (excluding diaryl/α,β-unsaturated/α-hetero) is 1. The minimum atomic E-state index is -0.735. The van der Waals surface area contributed by atoms with Gasteiger partial charge in [0.1, 0.15) is 11.5 Å². The molecule has 3 aromatic rings. The van der Waals surface area contributed by atoms with Crippen molar-refractivity contribution in [3.8, 4) is 0 Å². The number of aliphatic hydroxyl groups is 1. The lowest BCUT2D eigenvalue weighted by molar-refractivity contribution is -0.140. The Kier molecular flexibility index (Phi) is 5.43. The van der Waals surface area contributed by atoms with Crippen LogP contribution in [0.1, 0.15) is 22.9 Å². The zero-order chi connectivity index (χ0) is 20.5. The van der Waals surface area contributed by atoms with Crippen molar-refractivity contribution in [3.05, 3.63) is 98.3 Å². The van der Waals surface area contributed by atoms with Crippen LogP contribution in [-0.4, -0.2) is 21.7 Å². The minimum Gasteiger partial charge on any atom is -0.507 e. The molecule has 5 nitrogen and oxygen atoms in total. The van der Waals surface area contributed by atoms with Gasteiger partial charge in [0, 0.05) is 14.5 Å². The predicted octanol–water partition coefficient (Wildman–Crippen LogP) is 5.43. The van der Waals surface area contributed by atoms with Crippen molar-refractivity contribution in [3.63, 3.8) is 0 Å². The number of nitrogens with zero attached hydrogens (tertiary/aromatic N) is 1. The summed E-state index contributed by atoms with van der Waals surface area (Å²) >= 11 is 6.80. The van der Waals surface area contributed by atoms with Gasteiger partial charge < -0.3 is 14.4 Å². The van der Waals surface area contributed by atoms with E-state index in [1.54, 1.807) is 36.4 Å². The Balaban J connectivity index is 1.87. The quantitative estimate of drug-likeness (QED) is 0.285. The highest BCUT2D eigenvalue weighted by Crippen LogP contribution is 2.41. The lowest BCUT2D eigenvalue weighted by Gasteiger charge is -2.24. The number of hydrogen-bond acceptors (Lipinski definition) is 4. The maximum absolute atomic E-state index is 12.9. The summed E-state index contributed by atoms with van der Waals surface area (Å²) in [7, 11) is 0. The first-order chi connectivity index (χ1) is 14.0. The zero-order valence-electron chi connectivity index (χ0n) is 15.0. The fourth-order valence-electron chi connectivity index (χ4n) is 3.40. The predicted molar refractivity (Wildman–Crippen MR) is 115 cm³/mol. The van der Waals surface area contributed by atoms with Crippen LogP contribution >= 0.6 is 31.9 Å². The molecule has 146 valence electrons. The summed E-state index contributed by atoms with van der Waals surface area (Å²) in [4.78, 5) is 27.2. The normalized spacial score (nSPS) is 18.4. The Bertz CT molecular complexity index is 1100. The number of carbonyl (C=O) groups is 2. The summed E-state index contributed by atoms with van der Waals surface area (Å²) in [5.41, 5.74) is 1.23. The van der Waals surface area contributed by atoms with Crippen LogP contribution in [0, 0.1) is 0 Å². The largest absolute Gasteiger partial charge is 0.507 e. The number of aliphatic hydroxyl groups excluding tert-OH is 1. The molecule has 0 aliphatic carbocycles. The Hall–Kier alpha value is -2.64. The molecule has 1 atom stereocenters. The summed E-state index contributed by atoms with van der Waals surface area (Å²) in [5.74, 6) is -1.05. The monoisotopic (exact) mass is 515 g/mol. The fourth-order valence-corrected chi connectivity index (χ4v) is 4.08. The van der Waals surface area contributed by atoms with Crippen molar-refractivity contribution < 1.29 is 19.1 Å². The molecule has 1 N–H and O–H groups in total. The Labute approximate surface area is 183 Å². The van der Waals surface area contributed by atoms with Crippen molar-refractivity contribution in [2.24, 2.45) is 0 Å². The third kappa shape index (κ3) is 3.80. The highest BCUT2D eigenvalue weighted by molar-refractivity contribution is 9.10. The molecule has 2 heterocycles. The van der Waals surface area contributed by atoms with E-state index < -0.39 is 17.7 Å². The molecule has 1 unspecified atom stereocenters. The number of halogens is 2. The summed E-state index contributed by atoms with van der Waals surface area (Å²) in [6, 6.07) is 17.0. The maximum Gasteiger partial charge on any atom is 0.296 e. The van der Waals surface area contributed by atoms with Crippen LogP contribution in [0.4, 0.5) is 0 Å². The van der Waals surface area contributed by atoms with E-state index in [4.69, 9.17) is 4.42 Å². The van der Waals surface area contributed by atoms with Crippen LogP contribution in [-0.2, 0) is 16.1 Å². The standard InChI is InChI=1S/C22H15Br2NO4/c23-15-8-6-13(7-9-15)20(26)18-19(14-3-1-4-16(24)11-14)25(22(28)21(18)27)12-17-5-2-10-29-17/h1-11,19,26H,12H2. The van der Waals surface area contributed by atoms with Gasteiger partial charge in [-0.3, -0.25) is 9.59 Å². The van der Waals surface area contributed by atoms with E-state index in [0.717, 1.165) is 8.95 Å². The molecule has 29 heavy (non-hydrogen) atoms. The van der Waals surface area contributed by atoms with Gasteiger partial charge in [0.15, 0.2) is 0 Å². The number of ketones is 1. The number of amides is 1. The molecule has 1 aromatic heterocycles. The lowest BCUT2D eigenvalue weighted by Crippen LogP contribution is -2.29. The Morgan fingerprint density at radius 2 is 1.76 bits per heavy atom. The van der Waals surface area contributed by atoms with Crippen molar-refractivity contribution in [1.29, 1.82) is 0 Å². The topological polar surface area (TPSA) is 70.8 Å². The molecule has 0 radical (unpaired) electrons. The van der Waals surface area contributed by atoms with Gasteiger partial charge in [-0.05, 0) is 42.0 Å². The first-order valence-electron chi connectivity index (χ1n) is 8.78. The highest BCUT2D eigenvalue weighted by Gasteiger charge is 2.46. The second kappa shape index (κ2) is 8.00. The van der Waals surface area contributed by atoms with Gasteiger partial charge in [-0.15, -0.1) is 0 Å². The van der Waals surface area contributed by atoms with E-state index in [9.17, 15) is 14.7 Å². The third-order valence-electron chi connectivity index (χ3n) is 4.73. The SMILES string of the molecule is O=C1C(=O)N(Cc2ccco2)C(c2cccc(Br)c2)C1=C(O)c1ccc(Br)cc1. The molecular formula is C22H15Br2NO4. The fraction of sp³-hybridized carbons (Fsp3) is 0.0909. The van der Waals surface area contributed by atoms with E-state index in [1.165, 1.54) is 11.2 Å². The molecule has 1 aliphatic rings. The summed E-state index contributed by atoms with van der Waals surface area (Å²) in [5, 5.41) is 11.0. The molecule has 0 spiro atoms. The van der Waals surface area contributed by atoms with Crippen LogP contribution in [0.15, 0.2) is 85.9 Å². The first-order valence-corrected chi connectivity index (χ1v) is 10.4. The summed E-state index contributed by atoms with van der Waals surface area (Å²) in [6.07, 6.45) is 1.52. The molecule has 0 saturated carbocycles. The van der Waals surface area contributed by atoms with Crippen LogP contribution in [0.2, 0.25) is 0 Å². The summed E-state index contributed by atoms with van der Waals surface area (Å²) in [6.45, 7) is 0.117. The average molecular weight is 517 g/mol. The average Bonchev–Trinajstić information content (AvgIpc) is 3.30. The lowest BCUT2D eigenvalue weighted by atomic mass is 9.95. The number of hydrogen-bond donors (Lipinski definition) is 1. The first kappa shape index (κ1) is 19.7. The van der Waals surface area contributed by atoms with Crippen LogP contribution in [0.3, 0.4) is 0 Å².